The lowest BCUT2D eigenvalue weighted by Gasteiger charge is -2.28. The highest BCUT2D eigenvalue weighted by Crippen LogP contribution is 2.44. The van der Waals surface area contributed by atoms with E-state index in [9.17, 15) is 0 Å². The van der Waals surface area contributed by atoms with Crippen LogP contribution in [0.1, 0.15) is 0 Å². The Morgan fingerprint density at radius 3 is 1.72 bits per heavy atom. The first-order valence-corrected chi connectivity index (χ1v) is 13.4. The minimum atomic E-state index is 1.13. The fourth-order valence-corrected chi connectivity index (χ4v) is 5.64. The van der Waals surface area contributed by atoms with E-state index >= 15 is 0 Å². The fourth-order valence-electron chi connectivity index (χ4n) is 5.64. The van der Waals surface area contributed by atoms with Crippen molar-refractivity contribution in [3.63, 3.8) is 0 Å². The van der Waals surface area contributed by atoms with Crippen molar-refractivity contribution in [3.8, 4) is 22.3 Å². The van der Waals surface area contributed by atoms with Gasteiger partial charge in [-0.1, -0.05) is 133 Å². The number of fused-ring (bicyclic) bond motifs is 2. The van der Waals surface area contributed by atoms with Crippen LogP contribution in [0.25, 0.3) is 43.8 Å². The van der Waals surface area contributed by atoms with Crippen molar-refractivity contribution >= 4 is 38.6 Å². The number of para-hydroxylation sites is 2. The van der Waals surface area contributed by atoms with Crippen molar-refractivity contribution in [2.24, 2.45) is 0 Å². The predicted octanol–water partition coefficient (Wildman–Crippen LogP) is 10.8. The number of hydrogen-bond acceptors (Lipinski definition) is 1. The van der Waals surface area contributed by atoms with Gasteiger partial charge in [-0.05, 0) is 68.6 Å². The molecule has 184 valence electrons. The molecule has 7 aromatic carbocycles. The van der Waals surface area contributed by atoms with Gasteiger partial charge in [0.25, 0.3) is 0 Å². The van der Waals surface area contributed by atoms with Crippen LogP contribution in [-0.4, -0.2) is 0 Å². The van der Waals surface area contributed by atoms with Crippen molar-refractivity contribution in [2.75, 3.05) is 4.90 Å². The zero-order chi connectivity index (χ0) is 26.0. The van der Waals surface area contributed by atoms with Gasteiger partial charge in [0.1, 0.15) is 0 Å². The first-order valence-electron chi connectivity index (χ1n) is 13.4. The number of benzene rings is 7. The van der Waals surface area contributed by atoms with Crippen LogP contribution in [0.2, 0.25) is 0 Å². The van der Waals surface area contributed by atoms with Crippen LogP contribution >= 0.6 is 0 Å². The number of hydrogen-bond donors (Lipinski definition) is 0. The van der Waals surface area contributed by atoms with Crippen molar-refractivity contribution < 1.29 is 0 Å². The smallest absolute Gasteiger partial charge is 0.0540 e. The maximum absolute atomic E-state index is 2.38. The summed E-state index contributed by atoms with van der Waals surface area (Å²) in [6, 6.07) is 58.7. The molecule has 0 aliphatic carbocycles. The van der Waals surface area contributed by atoms with Gasteiger partial charge in [-0.15, -0.1) is 0 Å². The minimum Gasteiger partial charge on any atom is -0.310 e. The lowest BCUT2D eigenvalue weighted by molar-refractivity contribution is 1.29. The molecular weight excluding hydrogens is 470 g/mol. The molecule has 0 aliphatic rings. The molecule has 0 aliphatic heterocycles. The van der Waals surface area contributed by atoms with E-state index in [1.54, 1.807) is 0 Å². The Morgan fingerprint density at radius 2 is 0.923 bits per heavy atom. The van der Waals surface area contributed by atoms with Gasteiger partial charge in [-0.25, -0.2) is 0 Å². The molecule has 1 nitrogen and oxygen atoms in total. The van der Waals surface area contributed by atoms with Gasteiger partial charge in [-0.3, -0.25) is 0 Å². The van der Waals surface area contributed by atoms with Gasteiger partial charge in [0, 0.05) is 16.9 Å². The van der Waals surface area contributed by atoms with Gasteiger partial charge in [0.05, 0.1) is 5.69 Å². The molecule has 7 rings (SSSR count). The van der Waals surface area contributed by atoms with E-state index in [0.717, 1.165) is 17.1 Å². The van der Waals surface area contributed by atoms with E-state index < -0.39 is 0 Å². The average molecular weight is 498 g/mol. The van der Waals surface area contributed by atoms with E-state index in [1.807, 2.05) is 0 Å². The zero-order valence-corrected chi connectivity index (χ0v) is 21.5. The van der Waals surface area contributed by atoms with Crippen LogP contribution in [0.15, 0.2) is 164 Å². The molecule has 0 aromatic heterocycles. The molecule has 0 heterocycles. The van der Waals surface area contributed by atoms with Crippen LogP contribution in [0.5, 0.6) is 0 Å². The summed E-state index contributed by atoms with van der Waals surface area (Å²) in [5.41, 5.74) is 8.31. The molecule has 0 bridgehead atoms. The normalized spacial score (nSPS) is 11.1. The van der Waals surface area contributed by atoms with Crippen LogP contribution in [-0.2, 0) is 0 Å². The molecule has 0 N–H and O–H groups in total. The van der Waals surface area contributed by atoms with Gasteiger partial charge in [0.2, 0.25) is 0 Å². The Bertz CT molecular complexity index is 1900. The van der Waals surface area contributed by atoms with Gasteiger partial charge >= 0.3 is 0 Å². The second kappa shape index (κ2) is 9.96. The van der Waals surface area contributed by atoms with Crippen LogP contribution in [0, 0.1) is 0 Å². The maximum atomic E-state index is 2.38. The highest BCUT2D eigenvalue weighted by Gasteiger charge is 2.19. The third-order valence-corrected chi connectivity index (χ3v) is 7.43. The average Bonchev–Trinajstić information content (AvgIpc) is 3.02. The largest absolute Gasteiger partial charge is 0.310 e. The molecule has 7 aromatic rings. The third kappa shape index (κ3) is 4.24. The van der Waals surface area contributed by atoms with E-state index in [1.165, 1.54) is 43.8 Å². The highest BCUT2D eigenvalue weighted by atomic mass is 15.1. The molecule has 0 amide bonds. The van der Waals surface area contributed by atoms with Gasteiger partial charge < -0.3 is 4.90 Å². The van der Waals surface area contributed by atoms with Gasteiger partial charge in [0.15, 0.2) is 0 Å². The molecule has 39 heavy (non-hydrogen) atoms. The SMILES string of the molecule is c1ccc(-c2cccc3cccc(-c4ccccc4N(c4ccccc4)c4ccc5ccccc5c4)c23)cc1. The van der Waals surface area contributed by atoms with E-state index in [0.29, 0.717) is 0 Å². The minimum absolute atomic E-state index is 1.13. The summed E-state index contributed by atoms with van der Waals surface area (Å²) in [6.07, 6.45) is 0. The van der Waals surface area contributed by atoms with Crippen molar-refractivity contribution in [1.29, 1.82) is 0 Å². The topological polar surface area (TPSA) is 3.24 Å². The Kier molecular flexibility index (Phi) is 5.88. The van der Waals surface area contributed by atoms with E-state index in [4.69, 9.17) is 0 Å². The van der Waals surface area contributed by atoms with Crippen LogP contribution in [0.3, 0.4) is 0 Å². The standard InChI is InChI=1S/C38H27N/c1-3-14-29(15-4-1)34-22-11-17-30-18-12-23-36(38(30)34)35-21-9-10-24-37(35)39(32-19-5-2-6-20-32)33-26-25-28-13-7-8-16-31(28)27-33/h1-27H. The number of rotatable bonds is 5. The monoisotopic (exact) mass is 497 g/mol. The second-order valence-electron chi connectivity index (χ2n) is 9.79. The first kappa shape index (κ1) is 23.0. The number of nitrogens with zero attached hydrogens (tertiary/aromatic N) is 1. The third-order valence-electron chi connectivity index (χ3n) is 7.43. The second-order valence-corrected chi connectivity index (χ2v) is 9.79. The summed E-state index contributed by atoms with van der Waals surface area (Å²) in [5, 5.41) is 4.97. The van der Waals surface area contributed by atoms with Crippen LogP contribution in [0.4, 0.5) is 17.1 Å². The predicted molar refractivity (Wildman–Crippen MR) is 167 cm³/mol. The quantitative estimate of drug-likeness (QED) is 0.229. The molecule has 0 radical (unpaired) electrons. The molecule has 1 heteroatoms. The Morgan fingerprint density at radius 1 is 0.333 bits per heavy atom. The summed E-state index contributed by atoms with van der Waals surface area (Å²) in [4.78, 5) is 2.38. The first-order chi connectivity index (χ1) is 19.4. The lowest BCUT2D eigenvalue weighted by Crippen LogP contribution is -2.11. The van der Waals surface area contributed by atoms with E-state index in [-0.39, 0.29) is 0 Å². The van der Waals surface area contributed by atoms with Crippen LogP contribution < -0.4 is 4.90 Å². The summed E-state index contributed by atoms with van der Waals surface area (Å²) in [7, 11) is 0. The van der Waals surface area contributed by atoms with E-state index in [2.05, 4.69) is 169 Å². The molecule has 0 atom stereocenters. The summed E-state index contributed by atoms with van der Waals surface area (Å²) < 4.78 is 0. The fraction of sp³-hybridized carbons (Fsp3) is 0. The molecular formula is C38H27N. The van der Waals surface area contributed by atoms with Crippen molar-refractivity contribution in [2.45, 2.75) is 0 Å². The Balaban J connectivity index is 1.50. The van der Waals surface area contributed by atoms with Crippen molar-refractivity contribution in [1.82, 2.24) is 0 Å². The lowest BCUT2D eigenvalue weighted by atomic mass is 9.90. The van der Waals surface area contributed by atoms with Gasteiger partial charge in [-0.2, -0.15) is 0 Å². The molecule has 0 saturated heterocycles. The Hall–Kier alpha value is -5.14. The highest BCUT2D eigenvalue weighted by molar-refractivity contribution is 6.08. The summed E-state index contributed by atoms with van der Waals surface area (Å²) in [6.45, 7) is 0. The number of anilines is 3. The summed E-state index contributed by atoms with van der Waals surface area (Å²) >= 11 is 0. The maximum Gasteiger partial charge on any atom is 0.0540 e. The summed E-state index contributed by atoms with van der Waals surface area (Å²) in [5.74, 6) is 0. The Labute approximate surface area is 229 Å². The molecule has 0 spiro atoms. The molecule has 0 fully saturated rings. The molecule has 0 saturated carbocycles. The molecule has 0 unspecified atom stereocenters. The zero-order valence-electron chi connectivity index (χ0n) is 21.5. The van der Waals surface area contributed by atoms with Crippen molar-refractivity contribution in [3.05, 3.63) is 164 Å².